The van der Waals surface area contributed by atoms with E-state index in [9.17, 15) is 54.0 Å². The first-order chi connectivity index (χ1) is 42.9. The van der Waals surface area contributed by atoms with Crippen LogP contribution in [0, 0.1) is 5.41 Å². The summed E-state index contributed by atoms with van der Waals surface area (Å²) in [5.74, 6) is -2.98. The second-order valence-corrected chi connectivity index (χ2v) is 29.5. The van der Waals surface area contributed by atoms with Crippen LogP contribution in [0.5, 0.6) is 0 Å². The van der Waals surface area contributed by atoms with E-state index in [1.165, 1.54) is 40.6 Å². The van der Waals surface area contributed by atoms with E-state index >= 15 is 0 Å². The van der Waals surface area contributed by atoms with Crippen molar-refractivity contribution in [2.75, 3.05) is 99.8 Å². The van der Waals surface area contributed by atoms with Crippen molar-refractivity contribution in [2.45, 2.75) is 104 Å². The number of nitrogens with zero attached hydrogens (tertiary/aromatic N) is 5. The van der Waals surface area contributed by atoms with Crippen LogP contribution in [-0.2, 0) is 29.4 Å². The van der Waals surface area contributed by atoms with Gasteiger partial charge in [-0.3, -0.25) is 39.1 Å². The maximum absolute atomic E-state index is 14.5. The van der Waals surface area contributed by atoms with Gasteiger partial charge in [-0.15, -0.1) is 11.8 Å². The van der Waals surface area contributed by atoms with E-state index in [0.717, 1.165) is 105 Å². The summed E-state index contributed by atoms with van der Waals surface area (Å²) in [5, 5.41) is 9.26. The summed E-state index contributed by atoms with van der Waals surface area (Å²) in [6, 6.07) is 29.5. The van der Waals surface area contributed by atoms with E-state index in [1.54, 1.807) is 30.3 Å². The highest BCUT2D eigenvalue weighted by atomic mass is 35.5. The van der Waals surface area contributed by atoms with Gasteiger partial charge in [0.05, 0.1) is 21.7 Å². The molecule has 90 heavy (non-hydrogen) atoms. The lowest BCUT2D eigenvalue weighted by molar-refractivity contribution is -0.136. The zero-order valence-electron chi connectivity index (χ0n) is 50.3. The zero-order valence-corrected chi connectivity index (χ0v) is 53.5. The smallest absolute Gasteiger partial charge is 0.384 e. The summed E-state index contributed by atoms with van der Waals surface area (Å²) >= 11 is 7.65. The lowest BCUT2D eigenvalue weighted by Crippen LogP contribution is -2.54. The molecule has 3 fully saturated rings. The monoisotopic (exact) mass is 1310 g/mol. The Morgan fingerprint density at radius 2 is 1.44 bits per heavy atom. The van der Waals surface area contributed by atoms with Crippen LogP contribution < -0.4 is 25.6 Å². The van der Waals surface area contributed by atoms with Crippen LogP contribution in [0.3, 0.4) is 0 Å². The van der Waals surface area contributed by atoms with Gasteiger partial charge in [-0.05, 0) is 147 Å². The van der Waals surface area contributed by atoms with Crippen molar-refractivity contribution in [3.63, 3.8) is 0 Å². The van der Waals surface area contributed by atoms with Crippen LogP contribution in [0.4, 0.5) is 30.2 Å². The Hall–Kier alpha value is -6.80. The molecule has 3 saturated heterocycles. The minimum absolute atomic E-state index is 0.0247. The Morgan fingerprint density at radius 1 is 0.756 bits per heavy atom. The maximum atomic E-state index is 14.5. The van der Waals surface area contributed by atoms with Crippen LogP contribution >= 0.6 is 23.4 Å². The van der Waals surface area contributed by atoms with E-state index in [1.807, 2.05) is 47.2 Å². The van der Waals surface area contributed by atoms with Crippen LogP contribution in [0.25, 0.3) is 5.57 Å². The molecule has 5 aromatic rings. The van der Waals surface area contributed by atoms with Gasteiger partial charge in [-0.2, -0.15) is 13.2 Å². The molecule has 2 atom stereocenters. The molecule has 4 N–H and O–H groups in total. The van der Waals surface area contributed by atoms with Gasteiger partial charge in [-0.1, -0.05) is 73.8 Å². The number of piperidine rings is 1. The van der Waals surface area contributed by atoms with Gasteiger partial charge in [0, 0.05) is 117 Å². The number of halogens is 4. The van der Waals surface area contributed by atoms with E-state index in [2.05, 4.69) is 61.5 Å². The number of rotatable bonds is 24. The van der Waals surface area contributed by atoms with E-state index in [0.29, 0.717) is 68.2 Å². The summed E-state index contributed by atoms with van der Waals surface area (Å²) in [5.41, 5.74) is -0.284. The Morgan fingerprint density at radius 3 is 2.13 bits per heavy atom. The summed E-state index contributed by atoms with van der Waals surface area (Å²) in [6.45, 7) is 13.3. The van der Waals surface area contributed by atoms with Gasteiger partial charge in [-0.25, -0.2) is 21.6 Å². The molecule has 0 aromatic heterocycles. The first kappa shape index (κ1) is 66.1. The number of amides is 5. The van der Waals surface area contributed by atoms with Crippen LogP contribution in [0.1, 0.15) is 108 Å². The molecule has 18 nitrogen and oxygen atoms in total. The third kappa shape index (κ3) is 15.9. The fourth-order valence-corrected chi connectivity index (χ4v) is 15.6. The summed E-state index contributed by atoms with van der Waals surface area (Å²) in [7, 11) is -11.0. The number of allylic oxidation sites excluding steroid dienone is 1. The predicted octanol–water partition coefficient (Wildman–Crippen LogP) is 9.80. The van der Waals surface area contributed by atoms with E-state index < -0.39 is 82.5 Å². The number of anilines is 3. The summed E-state index contributed by atoms with van der Waals surface area (Å²) in [4.78, 5) is 73.5. The Kier molecular flexibility index (Phi) is 20.9. The number of carbonyl (C=O) groups is 5. The average molecular weight is 1320 g/mol. The highest BCUT2D eigenvalue weighted by molar-refractivity contribution is 7.99. The molecule has 10 rings (SSSR count). The highest BCUT2D eigenvalue weighted by Crippen LogP contribution is 2.43. The molecule has 0 bridgehead atoms. The number of piperazine rings is 2. The second-order valence-electron chi connectivity index (χ2n) is 24.4. The maximum Gasteiger partial charge on any atom is 0.501 e. The van der Waals surface area contributed by atoms with Gasteiger partial charge < -0.3 is 25.3 Å². The SMILES string of the molecule is CC1(C)CCC(c2ccc(Cl)cc2)=C(CN2CCN(c3ccc(C(=O)NS(=O)(=O)c4ccc(N[C@H](CCN5CCN(CCCCCNc6cccc7c6C(=O)N(C6CCC(=O)NC6=O)C7=O)CC5)CSc5ccccc5)c(S(=O)(=O)C(F)(F)F)c4)cc3)CC2)C1. The highest BCUT2D eigenvalue weighted by Gasteiger charge is 2.49. The molecule has 1 aliphatic carbocycles. The Balaban J connectivity index is 0.718. The quantitative estimate of drug-likeness (QED) is 0.0257. The number of thioether (sulfide) groups is 1. The number of sulfone groups is 1. The van der Waals surface area contributed by atoms with Crippen LogP contribution in [0.2, 0.25) is 5.02 Å². The number of nitrogens with one attached hydrogen (secondary N) is 4. The molecule has 0 spiro atoms. The van der Waals surface area contributed by atoms with Crippen molar-refractivity contribution >= 4 is 95.4 Å². The minimum atomic E-state index is -6.14. The largest absolute Gasteiger partial charge is 0.501 e. The Bertz CT molecular complexity index is 3730. The lowest BCUT2D eigenvalue weighted by atomic mass is 9.73. The molecule has 480 valence electrons. The summed E-state index contributed by atoms with van der Waals surface area (Å²) < 4.78 is 99.9. The molecule has 4 heterocycles. The predicted molar refractivity (Wildman–Crippen MR) is 343 cm³/mol. The molecule has 5 amide bonds. The molecule has 1 unspecified atom stereocenters. The van der Waals surface area contributed by atoms with Crippen LogP contribution in [0.15, 0.2) is 136 Å². The van der Waals surface area contributed by atoms with E-state index in [4.69, 9.17) is 11.6 Å². The van der Waals surface area contributed by atoms with Crippen molar-refractivity contribution in [3.8, 4) is 0 Å². The standard InChI is InChI=1S/C65H75ClF3N9O9S3/c1-64(2)28-26-52(44-14-18-47(66)19-15-44)46(41-64)42-76-36-38-77(39-37-76)49-20-16-45(17-21-49)60(80)73-90(86,87)51-22-23-54(57(40-51)89(84,85)65(67,68)69)71-48(43-88-50-10-5-3-6-11-50)27-31-75-34-32-74(33-35-75)30-8-4-7-29-70-55-13-9-12-53-59(55)63(83)78(62(53)82)56-24-25-58(79)72-61(56)81/h3,5-6,9-23,40,48,56,70-71H,4,7-8,24-39,41-43H2,1-2H3,(H,73,80)(H,72,79,81)/t48-,56?/m1/s1. The van der Waals surface area contributed by atoms with Gasteiger partial charge in [0.15, 0.2) is 0 Å². The van der Waals surface area contributed by atoms with Crippen molar-refractivity contribution in [3.05, 3.63) is 148 Å². The topological polar surface area (TPSA) is 218 Å². The molecular formula is C65H75ClF3N9O9S3. The molecule has 5 aliphatic rings. The number of hydrogen-bond donors (Lipinski definition) is 4. The van der Waals surface area contributed by atoms with Gasteiger partial charge >= 0.3 is 5.51 Å². The number of benzene rings is 5. The first-order valence-electron chi connectivity index (χ1n) is 30.5. The normalized spacial score (nSPS) is 19.2. The lowest BCUT2D eigenvalue weighted by Gasteiger charge is -2.39. The Labute approximate surface area is 533 Å². The molecule has 25 heteroatoms. The van der Waals surface area contributed by atoms with Crippen molar-refractivity contribution < 1.29 is 54.0 Å². The van der Waals surface area contributed by atoms with Gasteiger partial charge in [0.25, 0.3) is 37.6 Å². The molecule has 5 aromatic carbocycles. The second kappa shape index (κ2) is 28.4. The first-order valence-corrected chi connectivity index (χ1v) is 34.8. The number of fused-ring (bicyclic) bond motifs is 1. The number of imide groups is 2. The molecule has 4 aliphatic heterocycles. The fourth-order valence-electron chi connectivity index (χ4n) is 12.4. The third-order valence-electron chi connectivity index (χ3n) is 17.5. The third-order valence-corrected chi connectivity index (χ3v) is 21.8. The van der Waals surface area contributed by atoms with Crippen molar-refractivity contribution in [2.24, 2.45) is 5.41 Å². The molecule has 0 saturated carbocycles. The van der Waals surface area contributed by atoms with Crippen molar-refractivity contribution in [1.82, 2.24) is 29.6 Å². The molecular weight excluding hydrogens is 1240 g/mol. The zero-order chi connectivity index (χ0) is 64.0. The number of carbonyl (C=O) groups excluding carboxylic acids is 5. The van der Waals surface area contributed by atoms with Crippen LogP contribution in [-0.4, -0.2) is 168 Å². The van der Waals surface area contributed by atoms with Gasteiger partial charge in [0.1, 0.15) is 10.9 Å². The number of hydrogen-bond acceptors (Lipinski definition) is 16. The average Bonchev–Trinajstić information content (AvgIpc) is 1.53. The number of sulfonamides is 1. The molecule has 0 radical (unpaired) electrons. The number of alkyl halides is 3. The number of unbranched alkanes of at least 4 members (excludes halogenated alkanes) is 2. The fraction of sp³-hybridized carbons (Fsp3) is 0.431. The van der Waals surface area contributed by atoms with Gasteiger partial charge in [0.2, 0.25) is 11.8 Å². The van der Waals surface area contributed by atoms with E-state index in [-0.39, 0.29) is 34.9 Å². The summed E-state index contributed by atoms with van der Waals surface area (Å²) in [6.07, 6.45) is 6.15. The minimum Gasteiger partial charge on any atom is -0.384 e. The van der Waals surface area contributed by atoms with Crippen molar-refractivity contribution in [1.29, 1.82) is 0 Å².